The third-order valence-corrected chi connectivity index (χ3v) is 3.06. The summed E-state index contributed by atoms with van der Waals surface area (Å²) in [6.07, 6.45) is 0. The summed E-state index contributed by atoms with van der Waals surface area (Å²) in [6.45, 7) is 6.45. The van der Waals surface area contributed by atoms with Crippen molar-refractivity contribution >= 4 is 11.6 Å². The molecule has 0 bridgehead atoms. The maximum absolute atomic E-state index is 12.1. The lowest BCUT2D eigenvalue weighted by Gasteiger charge is -2.32. The van der Waals surface area contributed by atoms with Crippen LogP contribution in [0, 0.1) is 12.8 Å². The molecule has 1 aliphatic rings. The van der Waals surface area contributed by atoms with Crippen LogP contribution in [-0.4, -0.2) is 25.5 Å². The summed E-state index contributed by atoms with van der Waals surface area (Å²) in [7, 11) is 0. The summed E-state index contributed by atoms with van der Waals surface area (Å²) in [5.74, 6) is 0.409. The number of carbonyl (C=O) groups is 1. The van der Waals surface area contributed by atoms with Gasteiger partial charge in [0.2, 0.25) is 5.91 Å². The van der Waals surface area contributed by atoms with E-state index in [-0.39, 0.29) is 11.8 Å². The highest BCUT2D eigenvalue weighted by molar-refractivity contribution is 5.95. The minimum atomic E-state index is 0.168. The van der Waals surface area contributed by atoms with Crippen LogP contribution in [0.4, 0.5) is 5.69 Å². The highest BCUT2D eigenvalue weighted by atomic mass is 16.2. The van der Waals surface area contributed by atoms with Crippen molar-refractivity contribution in [1.29, 1.82) is 0 Å². The van der Waals surface area contributed by atoms with Crippen molar-refractivity contribution in [3.63, 3.8) is 0 Å². The molecule has 0 radical (unpaired) electrons. The average Bonchev–Trinajstić information content (AvgIpc) is 2.19. The highest BCUT2D eigenvalue weighted by Crippen LogP contribution is 2.18. The molecule has 1 saturated heterocycles. The zero-order valence-electron chi connectivity index (χ0n) is 9.86. The van der Waals surface area contributed by atoms with Crippen LogP contribution in [0.5, 0.6) is 0 Å². The van der Waals surface area contributed by atoms with Crippen LogP contribution in [0.1, 0.15) is 12.5 Å². The molecule has 0 aromatic heterocycles. The molecule has 0 aliphatic carbocycles. The van der Waals surface area contributed by atoms with E-state index in [2.05, 4.69) is 12.2 Å². The first-order chi connectivity index (χ1) is 7.72. The van der Waals surface area contributed by atoms with Gasteiger partial charge in [0, 0.05) is 25.3 Å². The maximum atomic E-state index is 12.1. The molecule has 1 amide bonds. The predicted octanol–water partition coefficient (Wildman–Crippen LogP) is 1.57. The zero-order valence-corrected chi connectivity index (χ0v) is 9.86. The summed E-state index contributed by atoms with van der Waals surface area (Å²) < 4.78 is 0. The third kappa shape index (κ3) is 2.09. The molecule has 1 N–H and O–H groups in total. The molecule has 3 heteroatoms. The number of hydrogen-bond acceptors (Lipinski definition) is 2. The van der Waals surface area contributed by atoms with E-state index >= 15 is 0 Å². The van der Waals surface area contributed by atoms with E-state index in [1.54, 1.807) is 0 Å². The van der Waals surface area contributed by atoms with Crippen molar-refractivity contribution in [2.45, 2.75) is 13.8 Å². The average molecular weight is 218 g/mol. The van der Waals surface area contributed by atoms with Crippen LogP contribution in [0.25, 0.3) is 0 Å². The van der Waals surface area contributed by atoms with Crippen LogP contribution in [0.3, 0.4) is 0 Å². The molecule has 1 aliphatic heterocycles. The number of rotatable bonds is 3. The van der Waals surface area contributed by atoms with Gasteiger partial charge in [-0.15, -0.1) is 0 Å². The van der Waals surface area contributed by atoms with Gasteiger partial charge in [-0.2, -0.15) is 0 Å². The number of carbonyl (C=O) groups excluding carboxylic acids is 1. The first kappa shape index (κ1) is 11.1. The maximum Gasteiger partial charge on any atom is 0.232 e. The summed E-state index contributed by atoms with van der Waals surface area (Å²) in [6, 6.07) is 8.13. The van der Waals surface area contributed by atoms with E-state index in [4.69, 9.17) is 0 Å². The van der Waals surface area contributed by atoms with Crippen LogP contribution >= 0.6 is 0 Å². The van der Waals surface area contributed by atoms with Crippen LogP contribution in [0.2, 0.25) is 0 Å². The van der Waals surface area contributed by atoms with Crippen LogP contribution in [0.15, 0.2) is 24.3 Å². The molecule has 1 fully saturated rings. The van der Waals surface area contributed by atoms with Gasteiger partial charge in [0.1, 0.15) is 0 Å². The molecule has 1 aromatic rings. The molecular formula is C13H18N2O. The topological polar surface area (TPSA) is 32.3 Å². The van der Waals surface area contributed by atoms with Crippen molar-refractivity contribution in [1.82, 2.24) is 5.32 Å². The van der Waals surface area contributed by atoms with Gasteiger partial charge in [-0.3, -0.25) is 4.79 Å². The molecule has 0 unspecified atom stereocenters. The lowest BCUT2D eigenvalue weighted by atomic mass is 10.0. The Kier molecular flexibility index (Phi) is 3.25. The molecule has 2 rings (SSSR count). The molecular weight excluding hydrogens is 200 g/mol. The summed E-state index contributed by atoms with van der Waals surface area (Å²) in [5, 5.41) is 3.13. The van der Waals surface area contributed by atoms with Crippen molar-refractivity contribution < 1.29 is 4.79 Å². The van der Waals surface area contributed by atoms with Crippen molar-refractivity contribution in [2.24, 2.45) is 5.92 Å². The van der Waals surface area contributed by atoms with Gasteiger partial charge in [-0.25, -0.2) is 0 Å². The fraction of sp³-hybridized carbons (Fsp3) is 0.462. The van der Waals surface area contributed by atoms with Crippen molar-refractivity contribution in [2.75, 3.05) is 24.5 Å². The van der Waals surface area contributed by atoms with E-state index in [1.807, 2.05) is 36.1 Å². The van der Waals surface area contributed by atoms with Gasteiger partial charge in [0.15, 0.2) is 0 Å². The molecule has 86 valence electrons. The van der Waals surface area contributed by atoms with Gasteiger partial charge in [-0.05, 0) is 26.0 Å². The molecule has 0 spiro atoms. The van der Waals surface area contributed by atoms with Crippen molar-refractivity contribution in [3.05, 3.63) is 29.8 Å². The van der Waals surface area contributed by atoms with Gasteiger partial charge < -0.3 is 10.2 Å². The largest absolute Gasteiger partial charge is 0.315 e. The van der Waals surface area contributed by atoms with Crippen LogP contribution < -0.4 is 10.2 Å². The lowest BCUT2D eigenvalue weighted by Crippen LogP contribution is -2.52. The highest BCUT2D eigenvalue weighted by Gasteiger charge is 2.29. The van der Waals surface area contributed by atoms with E-state index in [9.17, 15) is 4.79 Å². The van der Waals surface area contributed by atoms with E-state index < -0.39 is 0 Å². The second kappa shape index (κ2) is 4.66. The SMILES string of the molecule is CCN(C(=O)C1CNC1)c1ccc(C)cc1. The summed E-state index contributed by atoms with van der Waals surface area (Å²) >= 11 is 0. The Balaban J connectivity index is 2.14. The van der Waals surface area contributed by atoms with Gasteiger partial charge >= 0.3 is 0 Å². The molecule has 3 nitrogen and oxygen atoms in total. The molecule has 0 atom stereocenters. The minimum absolute atomic E-state index is 0.168. The first-order valence-corrected chi connectivity index (χ1v) is 5.81. The Morgan fingerprint density at radius 3 is 2.44 bits per heavy atom. The predicted molar refractivity (Wildman–Crippen MR) is 65.6 cm³/mol. The Bertz CT molecular complexity index is 368. The number of amides is 1. The Morgan fingerprint density at radius 2 is 2.00 bits per heavy atom. The van der Waals surface area contributed by atoms with E-state index in [0.717, 1.165) is 25.3 Å². The number of benzene rings is 1. The molecule has 1 aromatic carbocycles. The van der Waals surface area contributed by atoms with Gasteiger partial charge in [0.25, 0.3) is 0 Å². The number of nitrogens with one attached hydrogen (secondary N) is 1. The van der Waals surface area contributed by atoms with Gasteiger partial charge in [-0.1, -0.05) is 17.7 Å². The molecule has 0 saturated carbocycles. The van der Waals surface area contributed by atoms with E-state index in [1.165, 1.54) is 5.56 Å². The Labute approximate surface area is 96.5 Å². The normalized spacial score (nSPS) is 15.6. The Hall–Kier alpha value is -1.35. The third-order valence-electron chi connectivity index (χ3n) is 3.06. The Morgan fingerprint density at radius 1 is 1.38 bits per heavy atom. The molecule has 16 heavy (non-hydrogen) atoms. The smallest absolute Gasteiger partial charge is 0.232 e. The zero-order chi connectivity index (χ0) is 11.5. The number of aryl methyl sites for hydroxylation is 1. The number of anilines is 1. The summed E-state index contributed by atoms with van der Waals surface area (Å²) in [4.78, 5) is 14.0. The van der Waals surface area contributed by atoms with Gasteiger partial charge in [0.05, 0.1) is 5.92 Å². The number of hydrogen-bond donors (Lipinski definition) is 1. The fourth-order valence-electron chi connectivity index (χ4n) is 1.87. The first-order valence-electron chi connectivity index (χ1n) is 5.81. The molecule has 1 heterocycles. The standard InChI is InChI=1S/C13H18N2O/c1-3-15(13(16)11-8-14-9-11)12-6-4-10(2)5-7-12/h4-7,11,14H,3,8-9H2,1-2H3. The second-order valence-electron chi connectivity index (χ2n) is 4.27. The monoisotopic (exact) mass is 218 g/mol. The van der Waals surface area contributed by atoms with Crippen molar-refractivity contribution in [3.8, 4) is 0 Å². The second-order valence-corrected chi connectivity index (χ2v) is 4.27. The van der Waals surface area contributed by atoms with E-state index in [0.29, 0.717) is 0 Å². The quantitative estimate of drug-likeness (QED) is 0.835. The lowest BCUT2D eigenvalue weighted by molar-refractivity contribution is -0.123. The van der Waals surface area contributed by atoms with Crippen LogP contribution in [-0.2, 0) is 4.79 Å². The number of nitrogens with zero attached hydrogens (tertiary/aromatic N) is 1. The summed E-state index contributed by atoms with van der Waals surface area (Å²) in [5.41, 5.74) is 2.22. The minimum Gasteiger partial charge on any atom is -0.315 e. The fourth-order valence-corrected chi connectivity index (χ4v) is 1.87.